The first kappa shape index (κ1) is 15.0. The van der Waals surface area contributed by atoms with Gasteiger partial charge < -0.3 is 5.73 Å². The van der Waals surface area contributed by atoms with Gasteiger partial charge in [0.1, 0.15) is 5.82 Å². The van der Waals surface area contributed by atoms with Crippen molar-refractivity contribution in [3.8, 4) is 0 Å². The maximum Gasteiger partial charge on any atom is 0.416 e. The Morgan fingerprint density at radius 1 is 1.17 bits per heavy atom. The van der Waals surface area contributed by atoms with Crippen LogP contribution in [0.5, 0.6) is 0 Å². The summed E-state index contributed by atoms with van der Waals surface area (Å²) in [6.07, 6.45) is -3.07. The van der Waals surface area contributed by atoms with Gasteiger partial charge in [0.2, 0.25) is 0 Å². The molecule has 18 heavy (non-hydrogen) atoms. The van der Waals surface area contributed by atoms with Gasteiger partial charge in [-0.15, -0.1) is 0 Å². The van der Waals surface area contributed by atoms with Crippen molar-refractivity contribution in [2.75, 3.05) is 0 Å². The Labute approximate surface area is 104 Å². The number of rotatable bonds is 4. The second kappa shape index (κ2) is 5.69. The van der Waals surface area contributed by atoms with E-state index in [1.807, 2.05) is 13.8 Å². The molecule has 0 saturated heterocycles. The number of alkyl halides is 3. The number of benzene rings is 1. The molecular formula is C13H17F4N. The van der Waals surface area contributed by atoms with Gasteiger partial charge in [-0.3, -0.25) is 0 Å². The van der Waals surface area contributed by atoms with E-state index in [-0.39, 0.29) is 11.5 Å². The maximum absolute atomic E-state index is 13.6. The van der Waals surface area contributed by atoms with E-state index >= 15 is 0 Å². The fourth-order valence-electron chi connectivity index (χ4n) is 2.03. The highest BCUT2D eigenvalue weighted by molar-refractivity contribution is 5.29. The van der Waals surface area contributed by atoms with E-state index in [0.29, 0.717) is 12.8 Å². The summed E-state index contributed by atoms with van der Waals surface area (Å²) in [5.41, 5.74) is 4.95. The third-order valence-electron chi connectivity index (χ3n) is 3.24. The smallest absolute Gasteiger partial charge is 0.324 e. The lowest BCUT2D eigenvalue weighted by Gasteiger charge is -2.22. The molecule has 0 amide bonds. The van der Waals surface area contributed by atoms with Crippen molar-refractivity contribution in [2.45, 2.75) is 38.9 Å². The second-order valence-corrected chi connectivity index (χ2v) is 4.34. The Bertz CT molecular complexity index is 396. The Morgan fingerprint density at radius 2 is 1.72 bits per heavy atom. The van der Waals surface area contributed by atoms with Gasteiger partial charge in [-0.1, -0.05) is 26.7 Å². The van der Waals surface area contributed by atoms with Gasteiger partial charge in [0.15, 0.2) is 0 Å². The van der Waals surface area contributed by atoms with Crippen LogP contribution < -0.4 is 5.73 Å². The van der Waals surface area contributed by atoms with Crippen LogP contribution >= 0.6 is 0 Å². The molecule has 1 aromatic carbocycles. The minimum atomic E-state index is -4.48. The average molecular weight is 263 g/mol. The summed E-state index contributed by atoms with van der Waals surface area (Å²) in [7, 11) is 0. The van der Waals surface area contributed by atoms with E-state index in [1.165, 1.54) is 0 Å². The summed E-state index contributed by atoms with van der Waals surface area (Å²) in [4.78, 5) is 0. The average Bonchev–Trinajstić information content (AvgIpc) is 2.29. The van der Waals surface area contributed by atoms with E-state index in [1.54, 1.807) is 0 Å². The van der Waals surface area contributed by atoms with E-state index in [9.17, 15) is 17.6 Å². The molecule has 1 nitrogen and oxygen atoms in total. The normalized spacial score (nSPS) is 14.0. The van der Waals surface area contributed by atoms with Gasteiger partial charge in [0.25, 0.3) is 0 Å². The fraction of sp³-hybridized carbons (Fsp3) is 0.538. The lowest BCUT2D eigenvalue weighted by molar-refractivity contribution is -0.137. The molecule has 0 spiro atoms. The maximum atomic E-state index is 13.6. The SMILES string of the molecule is CCC(CC)C(N)c1cc(C(F)(F)F)ccc1F. The Kier molecular flexibility index (Phi) is 4.73. The monoisotopic (exact) mass is 263 g/mol. The van der Waals surface area contributed by atoms with Gasteiger partial charge in [-0.2, -0.15) is 13.2 Å². The van der Waals surface area contributed by atoms with E-state index in [0.717, 1.165) is 18.2 Å². The first-order valence-corrected chi connectivity index (χ1v) is 5.93. The van der Waals surface area contributed by atoms with E-state index in [2.05, 4.69) is 0 Å². The molecular weight excluding hydrogens is 246 g/mol. The minimum absolute atomic E-state index is 0.0250. The third kappa shape index (κ3) is 3.22. The molecule has 0 fully saturated rings. The van der Waals surface area contributed by atoms with Gasteiger partial charge in [0, 0.05) is 11.6 Å². The molecule has 0 radical (unpaired) electrons. The van der Waals surface area contributed by atoms with Gasteiger partial charge in [-0.05, 0) is 24.1 Å². The molecule has 5 heteroatoms. The molecule has 102 valence electrons. The molecule has 2 N–H and O–H groups in total. The zero-order chi connectivity index (χ0) is 13.9. The highest BCUT2D eigenvalue weighted by atomic mass is 19.4. The standard InChI is InChI=1S/C13H17F4N/c1-3-8(4-2)12(18)10-7-9(13(15,16)17)5-6-11(10)14/h5-8,12H,3-4,18H2,1-2H3. The van der Waals surface area contributed by atoms with E-state index < -0.39 is 23.6 Å². The molecule has 1 atom stereocenters. The fourth-order valence-corrected chi connectivity index (χ4v) is 2.03. The zero-order valence-electron chi connectivity index (χ0n) is 10.4. The molecule has 1 aromatic rings. The molecule has 0 heterocycles. The second-order valence-electron chi connectivity index (χ2n) is 4.34. The molecule has 1 rings (SSSR count). The Hall–Kier alpha value is -1.10. The summed E-state index contributed by atoms with van der Waals surface area (Å²) in [5, 5.41) is 0. The summed E-state index contributed by atoms with van der Waals surface area (Å²) >= 11 is 0. The van der Waals surface area contributed by atoms with Gasteiger partial charge in [0.05, 0.1) is 5.56 Å². The van der Waals surface area contributed by atoms with Gasteiger partial charge >= 0.3 is 6.18 Å². The van der Waals surface area contributed by atoms with Crippen molar-refractivity contribution < 1.29 is 17.6 Å². The highest BCUT2D eigenvalue weighted by Crippen LogP contribution is 2.33. The lowest BCUT2D eigenvalue weighted by Crippen LogP contribution is -2.22. The quantitative estimate of drug-likeness (QED) is 0.806. The molecule has 0 aromatic heterocycles. The van der Waals surface area contributed by atoms with E-state index in [4.69, 9.17) is 5.73 Å². The molecule has 0 aliphatic heterocycles. The van der Waals surface area contributed by atoms with Crippen LogP contribution in [0.25, 0.3) is 0 Å². The van der Waals surface area contributed by atoms with Crippen molar-refractivity contribution in [1.82, 2.24) is 0 Å². The van der Waals surface area contributed by atoms with Crippen molar-refractivity contribution in [3.63, 3.8) is 0 Å². The van der Waals surface area contributed by atoms with Crippen LogP contribution in [0.1, 0.15) is 43.9 Å². The predicted octanol–water partition coefficient (Wildman–Crippen LogP) is 4.28. The van der Waals surface area contributed by atoms with Crippen LogP contribution in [-0.4, -0.2) is 0 Å². The number of halogens is 4. The Balaban J connectivity index is 3.15. The molecule has 0 aliphatic carbocycles. The molecule has 1 unspecified atom stereocenters. The van der Waals surface area contributed by atoms with Crippen LogP contribution in [0.4, 0.5) is 17.6 Å². The minimum Gasteiger partial charge on any atom is -0.324 e. The first-order valence-electron chi connectivity index (χ1n) is 5.93. The van der Waals surface area contributed by atoms with Crippen LogP contribution in [0.15, 0.2) is 18.2 Å². The van der Waals surface area contributed by atoms with Crippen molar-refractivity contribution >= 4 is 0 Å². The number of hydrogen-bond acceptors (Lipinski definition) is 1. The van der Waals surface area contributed by atoms with Crippen LogP contribution in [0, 0.1) is 11.7 Å². The Morgan fingerprint density at radius 3 is 2.17 bits per heavy atom. The first-order chi connectivity index (χ1) is 8.31. The predicted molar refractivity (Wildman–Crippen MR) is 62.4 cm³/mol. The summed E-state index contributed by atoms with van der Waals surface area (Å²) in [5.74, 6) is -0.703. The largest absolute Gasteiger partial charge is 0.416 e. The lowest BCUT2D eigenvalue weighted by atomic mass is 9.88. The summed E-state index contributed by atoms with van der Waals surface area (Å²) in [6.45, 7) is 3.78. The summed E-state index contributed by atoms with van der Waals surface area (Å²) < 4.78 is 51.3. The van der Waals surface area contributed by atoms with Crippen molar-refractivity contribution in [1.29, 1.82) is 0 Å². The molecule has 0 aliphatic rings. The van der Waals surface area contributed by atoms with Crippen LogP contribution in [-0.2, 0) is 6.18 Å². The van der Waals surface area contributed by atoms with Gasteiger partial charge in [-0.25, -0.2) is 4.39 Å². The molecule has 0 bridgehead atoms. The zero-order valence-corrected chi connectivity index (χ0v) is 10.4. The number of hydrogen-bond donors (Lipinski definition) is 1. The van der Waals surface area contributed by atoms with Crippen LogP contribution in [0.3, 0.4) is 0 Å². The third-order valence-corrected chi connectivity index (χ3v) is 3.24. The van der Waals surface area contributed by atoms with Crippen molar-refractivity contribution in [3.05, 3.63) is 35.1 Å². The number of nitrogens with two attached hydrogens (primary N) is 1. The highest BCUT2D eigenvalue weighted by Gasteiger charge is 2.32. The topological polar surface area (TPSA) is 26.0 Å². The van der Waals surface area contributed by atoms with Crippen molar-refractivity contribution in [2.24, 2.45) is 11.7 Å². The summed E-state index contributed by atoms with van der Waals surface area (Å²) in [6, 6.07) is 1.68. The molecule has 0 saturated carbocycles. The van der Waals surface area contributed by atoms with Crippen LogP contribution in [0.2, 0.25) is 0 Å².